The highest BCUT2D eigenvalue weighted by Crippen LogP contribution is 2.30. The fraction of sp³-hybridized carbons (Fsp3) is 0.364. The molecule has 0 radical (unpaired) electrons. The molecule has 7 nitrogen and oxygen atoms in total. The summed E-state index contributed by atoms with van der Waals surface area (Å²) in [6.45, 7) is 5.31. The maximum atomic E-state index is 12.4. The van der Waals surface area contributed by atoms with Gasteiger partial charge in [0.15, 0.2) is 11.5 Å². The third-order valence-corrected chi connectivity index (χ3v) is 4.73. The second-order valence-electron chi connectivity index (χ2n) is 6.74. The van der Waals surface area contributed by atoms with Gasteiger partial charge in [0.25, 0.3) is 0 Å². The molecule has 0 unspecified atom stereocenters. The van der Waals surface area contributed by atoms with Crippen molar-refractivity contribution in [1.29, 1.82) is 0 Å². The maximum absolute atomic E-state index is 12.4. The van der Waals surface area contributed by atoms with Crippen LogP contribution in [0.2, 0.25) is 10.0 Å². The van der Waals surface area contributed by atoms with Gasteiger partial charge in [-0.1, -0.05) is 23.2 Å². The first-order valence-corrected chi connectivity index (χ1v) is 10.7. The molecule has 0 atom stereocenters. The summed E-state index contributed by atoms with van der Waals surface area (Å²) in [6, 6.07) is 10.1. The Kier molecular flexibility index (Phi) is 9.91. The van der Waals surface area contributed by atoms with E-state index in [2.05, 4.69) is 10.6 Å². The Balaban J connectivity index is 1.83. The van der Waals surface area contributed by atoms with Crippen LogP contribution in [0.25, 0.3) is 0 Å². The number of carbonyl (C=O) groups excluding carboxylic acids is 2. The maximum Gasteiger partial charge on any atom is 0.238 e. The first-order valence-electron chi connectivity index (χ1n) is 9.95. The number of rotatable bonds is 11. The molecule has 2 amide bonds. The van der Waals surface area contributed by atoms with Gasteiger partial charge in [-0.15, -0.1) is 0 Å². The van der Waals surface area contributed by atoms with E-state index < -0.39 is 0 Å². The number of halogens is 2. The molecule has 0 aliphatic heterocycles. The number of nitrogens with one attached hydrogen (secondary N) is 2. The van der Waals surface area contributed by atoms with E-state index in [1.165, 1.54) is 0 Å². The molecular weight excluding hydrogens is 441 g/mol. The van der Waals surface area contributed by atoms with E-state index in [4.69, 9.17) is 32.7 Å². The van der Waals surface area contributed by atoms with Crippen LogP contribution >= 0.6 is 23.2 Å². The normalized spacial score (nSPS) is 10.6. The van der Waals surface area contributed by atoms with E-state index in [1.54, 1.807) is 48.3 Å². The molecule has 0 aliphatic carbocycles. The van der Waals surface area contributed by atoms with Crippen molar-refractivity contribution >= 4 is 46.4 Å². The van der Waals surface area contributed by atoms with Crippen molar-refractivity contribution in [3.63, 3.8) is 0 Å². The van der Waals surface area contributed by atoms with Crippen molar-refractivity contribution in [1.82, 2.24) is 4.90 Å². The summed E-state index contributed by atoms with van der Waals surface area (Å²) >= 11 is 12.0. The Morgan fingerprint density at radius 1 is 0.935 bits per heavy atom. The third kappa shape index (κ3) is 8.28. The van der Waals surface area contributed by atoms with Crippen LogP contribution in [0.15, 0.2) is 36.4 Å². The molecule has 2 rings (SSSR count). The third-order valence-electron chi connectivity index (χ3n) is 4.16. The van der Waals surface area contributed by atoms with Crippen LogP contribution in [0.5, 0.6) is 11.5 Å². The molecule has 2 aromatic carbocycles. The highest BCUT2D eigenvalue weighted by molar-refractivity contribution is 6.35. The van der Waals surface area contributed by atoms with E-state index in [-0.39, 0.29) is 24.8 Å². The Morgan fingerprint density at radius 3 is 2.35 bits per heavy atom. The summed E-state index contributed by atoms with van der Waals surface area (Å²) in [7, 11) is 1.77. The Morgan fingerprint density at radius 2 is 1.65 bits per heavy atom. The fourth-order valence-electron chi connectivity index (χ4n) is 2.75. The molecule has 0 heterocycles. The van der Waals surface area contributed by atoms with Crippen molar-refractivity contribution in [3.8, 4) is 11.5 Å². The van der Waals surface area contributed by atoms with Crippen molar-refractivity contribution in [2.24, 2.45) is 0 Å². The Labute approximate surface area is 192 Å². The molecule has 0 bridgehead atoms. The van der Waals surface area contributed by atoms with Crippen molar-refractivity contribution < 1.29 is 19.1 Å². The van der Waals surface area contributed by atoms with E-state index in [9.17, 15) is 9.59 Å². The van der Waals surface area contributed by atoms with E-state index in [0.717, 1.165) is 0 Å². The number of benzene rings is 2. The van der Waals surface area contributed by atoms with Gasteiger partial charge < -0.3 is 20.1 Å². The van der Waals surface area contributed by atoms with E-state index in [1.807, 2.05) is 13.8 Å². The van der Waals surface area contributed by atoms with Gasteiger partial charge in [0.05, 0.1) is 30.5 Å². The zero-order chi connectivity index (χ0) is 22.8. The predicted octanol–water partition coefficient (Wildman–Crippen LogP) is 4.69. The zero-order valence-corrected chi connectivity index (χ0v) is 19.3. The number of nitrogens with zero attached hydrogens (tertiary/aromatic N) is 1. The number of carbonyl (C=O) groups is 2. The van der Waals surface area contributed by atoms with Gasteiger partial charge in [-0.05, 0) is 51.2 Å². The number of anilines is 2. The SMILES string of the molecule is CCOc1ccc(NC(=O)CN(C)CCC(=O)Nc2cc(Cl)ccc2Cl)cc1OCC. The predicted molar refractivity (Wildman–Crippen MR) is 125 cm³/mol. The highest BCUT2D eigenvalue weighted by atomic mass is 35.5. The largest absolute Gasteiger partial charge is 0.490 e. The second-order valence-corrected chi connectivity index (χ2v) is 7.58. The van der Waals surface area contributed by atoms with Crippen molar-refractivity contribution in [2.45, 2.75) is 20.3 Å². The average Bonchev–Trinajstić information content (AvgIpc) is 2.71. The van der Waals surface area contributed by atoms with Crippen LogP contribution in [0, 0.1) is 0 Å². The van der Waals surface area contributed by atoms with E-state index >= 15 is 0 Å². The molecule has 0 saturated carbocycles. The Bertz CT molecular complexity index is 908. The molecule has 2 N–H and O–H groups in total. The van der Waals surface area contributed by atoms with Gasteiger partial charge in [-0.3, -0.25) is 14.5 Å². The summed E-state index contributed by atoms with van der Waals surface area (Å²) in [5.74, 6) is 0.786. The summed E-state index contributed by atoms with van der Waals surface area (Å²) in [4.78, 5) is 26.3. The lowest BCUT2D eigenvalue weighted by molar-refractivity contribution is -0.119. The monoisotopic (exact) mass is 467 g/mol. The smallest absolute Gasteiger partial charge is 0.238 e. The van der Waals surface area contributed by atoms with Crippen LogP contribution in [0.4, 0.5) is 11.4 Å². The minimum absolute atomic E-state index is 0.127. The van der Waals surface area contributed by atoms with Gasteiger partial charge in [0.2, 0.25) is 11.8 Å². The number of amides is 2. The topological polar surface area (TPSA) is 79.9 Å². The second kappa shape index (κ2) is 12.4. The molecule has 31 heavy (non-hydrogen) atoms. The van der Waals surface area contributed by atoms with Crippen LogP contribution in [-0.4, -0.2) is 50.1 Å². The van der Waals surface area contributed by atoms with Crippen molar-refractivity contribution in [2.75, 3.05) is 44.0 Å². The molecule has 0 aliphatic rings. The molecule has 0 aromatic heterocycles. The standard InChI is InChI=1S/C22H27Cl2N3O4/c1-4-30-19-9-7-16(13-20(19)31-5-2)25-22(29)14-27(3)11-10-21(28)26-18-12-15(23)6-8-17(18)24/h6-9,12-13H,4-5,10-11,14H2,1-3H3,(H,25,29)(H,26,28). The molecule has 168 valence electrons. The summed E-state index contributed by atoms with van der Waals surface area (Å²) in [6.07, 6.45) is 0.199. The van der Waals surface area contributed by atoms with Crippen molar-refractivity contribution in [3.05, 3.63) is 46.4 Å². The lowest BCUT2D eigenvalue weighted by Gasteiger charge is -2.17. The molecule has 9 heteroatoms. The van der Waals surface area contributed by atoms with Crippen LogP contribution in [0.3, 0.4) is 0 Å². The summed E-state index contributed by atoms with van der Waals surface area (Å²) in [5.41, 5.74) is 1.07. The van der Waals surface area contributed by atoms with Gasteiger partial charge in [-0.25, -0.2) is 0 Å². The first-order chi connectivity index (χ1) is 14.8. The molecule has 0 spiro atoms. The molecule has 0 fully saturated rings. The van der Waals surface area contributed by atoms with Gasteiger partial charge in [0.1, 0.15) is 0 Å². The Hall–Kier alpha value is -2.48. The highest BCUT2D eigenvalue weighted by Gasteiger charge is 2.12. The molecular formula is C22H27Cl2N3O4. The average molecular weight is 468 g/mol. The number of ether oxygens (including phenoxy) is 2. The van der Waals surface area contributed by atoms with Crippen LogP contribution in [0.1, 0.15) is 20.3 Å². The summed E-state index contributed by atoms with van der Waals surface area (Å²) in [5, 5.41) is 6.45. The minimum Gasteiger partial charge on any atom is -0.490 e. The van der Waals surface area contributed by atoms with E-state index in [0.29, 0.717) is 52.7 Å². The fourth-order valence-corrected chi connectivity index (χ4v) is 3.09. The quantitative estimate of drug-likeness (QED) is 0.500. The van der Waals surface area contributed by atoms with Crippen LogP contribution in [-0.2, 0) is 9.59 Å². The molecule has 0 saturated heterocycles. The number of likely N-dealkylation sites (N-methyl/N-ethyl adjacent to an activating group) is 1. The zero-order valence-electron chi connectivity index (χ0n) is 17.8. The minimum atomic E-state index is -0.218. The first kappa shape index (κ1) is 24.8. The molecule has 2 aromatic rings. The van der Waals surface area contributed by atoms with Gasteiger partial charge >= 0.3 is 0 Å². The van der Waals surface area contributed by atoms with Gasteiger partial charge in [0, 0.05) is 29.7 Å². The summed E-state index contributed by atoms with van der Waals surface area (Å²) < 4.78 is 11.1. The van der Waals surface area contributed by atoms with Crippen LogP contribution < -0.4 is 20.1 Å². The lowest BCUT2D eigenvalue weighted by Crippen LogP contribution is -2.32. The van der Waals surface area contributed by atoms with Gasteiger partial charge in [-0.2, -0.15) is 0 Å². The number of hydrogen-bond donors (Lipinski definition) is 2. The number of hydrogen-bond acceptors (Lipinski definition) is 5. The lowest BCUT2D eigenvalue weighted by atomic mass is 10.2.